The van der Waals surface area contributed by atoms with Crippen LogP contribution in [-0.4, -0.2) is 12.8 Å². The minimum Gasteiger partial charge on any atom is -0.467 e. The van der Waals surface area contributed by atoms with Crippen LogP contribution >= 0.6 is 0 Å². The van der Waals surface area contributed by atoms with Crippen molar-refractivity contribution in [1.29, 1.82) is 0 Å². The Morgan fingerprint density at radius 1 is 1.32 bits per heavy atom. The molecule has 0 saturated heterocycles. The van der Waals surface area contributed by atoms with Gasteiger partial charge in [-0.2, -0.15) is 0 Å². The molecule has 1 heterocycles. The Morgan fingerprint density at radius 3 is 2.47 bits per heavy atom. The lowest BCUT2D eigenvalue weighted by molar-refractivity contribution is 0.112. The van der Waals surface area contributed by atoms with Crippen LogP contribution in [0.5, 0.6) is 0 Å². The molecule has 0 atom stereocenters. The van der Waals surface area contributed by atoms with E-state index in [2.05, 4.69) is 0 Å². The van der Waals surface area contributed by atoms with E-state index in [0.717, 1.165) is 12.1 Å². The molecule has 0 radical (unpaired) electrons. The predicted molar refractivity (Wildman–Crippen MR) is 67.2 cm³/mol. The molecule has 0 aliphatic rings. The largest absolute Gasteiger partial charge is 0.467 e. The van der Waals surface area contributed by atoms with Gasteiger partial charge in [-0.1, -0.05) is 0 Å². The van der Waals surface area contributed by atoms with E-state index in [1.807, 2.05) is 0 Å². The topological polar surface area (TPSA) is 33.5 Å². The highest BCUT2D eigenvalue weighted by Crippen LogP contribution is 2.26. The summed E-state index contributed by atoms with van der Waals surface area (Å²) in [5.74, 6) is -0.897. The van der Waals surface area contributed by atoms with Crippen molar-refractivity contribution >= 4 is 12.0 Å². The Hall–Kier alpha value is -2.17. The number of anilines is 1. The Kier molecular flexibility index (Phi) is 3.94. The number of carbonyl (C=O) groups excluding carboxylic acids is 1. The van der Waals surface area contributed by atoms with E-state index in [-0.39, 0.29) is 17.8 Å². The molecule has 0 unspecified atom stereocenters. The maximum atomic E-state index is 13.9. The molecular weight excluding hydrogens is 252 g/mol. The summed E-state index contributed by atoms with van der Waals surface area (Å²) in [5.41, 5.74) is -0.169. The summed E-state index contributed by atoms with van der Waals surface area (Å²) >= 11 is 0. The molecule has 0 aliphatic carbocycles. The second-order valence-corrected chi connectivity index (χ2v) is 4.04. The van der Waals surface area contributed by atoms with Crippen LogP contribution in [0.15, 0.2) is 34.9 Å². The zero-order valence-corrected chi connectivity index (χ0v) is 10.4. The number of nitrogens with zero attached hydrogens (tertiary/aromatic N) is 1. The Bertz CT molecular complexity index is 544. The van der Waals surface area contributed by atoms with E-state index in [4.69, 9.17) is 4.42 Å². The minimum atomic E-state index is -0.754. The standard InChI is InChI=1S/C14H13F2NO2/c1-2-17(8-11-4-3-5-19-11)14-12(15)6-10(9-18)7-13(14)16/h3-7,9H,2,8H2,1H3. The van der Waals surface area contributed by atoms with Crippen LogP contribution in [0.25, 0.3) is 0 Å². The van der Waals surface area contributed by atoms with Crippen LogP contribution in [0.1, 0.15) is 23.0 Å². The fourth-order valence-electron chi connectivity index (χ4n) is 1.89. The molecule has 0 aliphatic heterocycles. The maximum Gasteiger partial charge on any atom is 0.150 e. The molecule has 0 saturated carbocycles. The highest BCUT2D eigenvalue weighted by Gasteiger charge is 2.18. The van der Waals surface area contributed by atoms with Gasteiger partial charge in [-0.3, -0.25) is 4.79 Å². The number of aldehydes is 1. The lowest BCUT2D eigenvalue weighted by atomic mass is 10.2. The first-order chi connectivity index (χ1) is 9.15. The Balaban J connectivity index is 2.35. The first-order valence-corrected chi connectivity index (χ1v) is 5.87. The smallest absolute Gasteiger partial charge is 0.150 e. The van der Waals surface area contributed by atoms with Gasteiger partial charge in [0.25, 0.3) is 0 Å². The third kappa shape index (κ3) is 2.81. The molecule has 0 amide bonds. The molecule has 100 valence electrons. The molecule has 0 fully saturated rings. The summed E-state index contributed by atoms with van der Waals surface area (Å²) in [7, 11) is 0. The van der Waals surface area contributed by atoms with E-state index < -0.39 is 11.6 Å². The molecule has 0 spiro atoms. The minimum absolute atomic E-state index is 0.0206. The number of halogens is 2. The lowest BCUT2D eigenvalue weighted by Crippen LogP contribution is -2.24. The van der Waals surface area contributed by atoms with Gasteiger partial charge in [-0.05, 0) is 31.2 Å². The summed E-state index contributed by atoms with van der Waals surface area (Å²) < 4.78 is 33.0. The predicted octanol–water partition coefficient (Wildman–Crippen LogP) is 3.40. The van der Waals surface area contributed by atoms with Crippen molar-refractivity contribution in [2.24, 2.45) is 0 Å². The average Bonchev–Trinajstić information content (AvgIpc) is 2.89. The van der Waals surface area contributed by atoms with Gasteiger partial charge in [0.1, 0.15) is 29.4 Å². The number of benzene rings is 1. The second kappa shape index (κ2) is 5.65. The molecule has 2 rings (SSSR count). The first kappa shape index (κ1) is 13.3. The average molecular weight is 265 g/mol. The van der Waals surface area contributed by atoms with Crippen molar-refractivity contribution in [1.82, 2.24) is 0 Å². The van der Waals surface area contributed by atoms with Crippen LogP contribution < -0.4 is 4.90 Å². The highest BCUT2D eigenvalue weighted by molar-refractivity contribution is 5.76. The van der Waals surface area contributed by atoms with Crippen molar-refractivity contribution < 1.29 is 18.0 Å². The molecule has 1 aromatic carbocycles. The summed E-state index contributed by atoms with van der Waals surface area (Å²) in [5, 5.41) is 0. The maximum absolute atomic E-state index is 13.9. The fourth-order valence-corrected chi connectivity index (χ4v) is 1.89. The summed E-state index contributed by atoms with van der Waals surface area (Å²) in [6, 6.07) is 5.50. The normalized spacial score (nSPS) is 10.5. The third-order valence-corrected chi connectivity index (χ3v) is 2.80. The second-order valence-electron chi connectivity index (χ2n) is 4.04. The van der Waals surface area contributed by atoms with E-state index >= 15 is 0 Å². The van der Waals surface area contributed by atoms with Gasteiger partial charge in [0.05, 0.1) is 12.8 Å². The summed E-state index contributed by atoms with van der Waals surface area (Å²) in [4.78, 5) is 12.1. The zero-order chi connectivity index (χ0) is 13.8. The monoisotopic (exact) mass is 265 g/mol. The number of carbonyl (C=O) groups is 1. The van der Waals surface area contributed by atoms with Gasteiger partial charge >= 0.3 is 0 Å². The molecule has 2 aromatic rings. The molecule has 19 heavy (non-hydrogen) atoms. The molecule has 3 nitrogen and oxygen atoms in total. The highest BCUT2D eigenvalue weighted by atomic mass is 19.1. The number of furan rings is 1. The van der Waals surface area contributed by atoms with Gasteiger partial charge in [0.15, 0.2) is 0 Å². The van der Waals surface area contributed by atoms with Crippen LogP contribution in [-0.2, 0) is 6.54 Å². The van der Waals surface area contributed by atoms with E-state index in [0.29, 0.717) is 18.6 Å². The van der Waals surface area contributed by atoms with Gasteiger partial charge < -0.3 is 9.32 Å². The van der Waals surface area contributed by atoms with Crippen molar-refractivity contribution in [2.45, 2.75) is 13.5 Å². The van der Waals surface area contributed by atoms with E-state index in [1.165, 1.54) is 11.2 Å². The quantitative estimate of drug-likeness (QED) is 0.777. The van der Waals surface area contributed by atoms with Crippen molar-refractivity contribution in [3.05, 3.63) is 53.5 Å². The van der Waals surface area contributed by atoms with Gasteiger partial charge in [-0.15, -0.1) is 0 Å². The SMILES string of the molecule is CCN(Cc1ccco1)c1c(F)cc(C=O)cc1F. The van der Waals surface area contributed by atoms with Crippen molar-refractivity contribution in [3.63, 3.8) is 0 Å². The van der Waals surface area contributed by atoms with Gasteiger partial charge in [-0.25, -0.2) is 8.78 Å². The van der Waals surface area contributed by atoms with E-state index in [9.17, 15) is 13.6 Å². The van der Waals surface area contributed by atoms with E-state index in [1.54, 1.807) is 19.1 Å². The number of hydrogen-bond acceptors (Lipinski definition) is 3. The first-order valence-electron chi connectivity index (χ1n) is 5.87. The molecule has 5 heteroatoms. The third-order valence-electron chi connectivity index (χ3n) is 2.80. The molecule has 1 aromatic heterocycles. The zero-order valence-electron chi connectivity index (χ0n) is 10.4. The lowest BCUT2D eigenvalue weighted by Gasteiger charge is -2.23. The van der Waals surface area contributed by atoms with Crippen LogP contribution in [0.4, 0.5) is 14.5 Å². The van der Waals surface area contributed by atoms with Gasteiger partial charge in [0, 0.05) is 12.1 Å². The Morgan fingerprint density at radius 2 is 2.00 bits per heavy atom. The molecule has 0 N–H and O–H groups in total. The Labute approximate surface area is 109 Å². The number of rotatable bonds is 5. The van der Waals surface area contributed by atoms with Gasteiger partial charge in [0.2, 0.25) is 0 Å². The van der Waals surface area contributed by atoms with Crippen molar-refractivity contribution in [3.8, 4) is 0 Å². The van der Waals surface area contributed by atoms with Crippen molar-refractivity contribution in [2.75, 3.05) is 11.4 Å². The molecule has 0 bridgehead atoms. The van der Waals surface area contributed by atoms with Crippen LogP contribution in [0, 0.1) is 11.6 Å². The van der Waals surface area contributed by atoms with Crippen LogP contribution in [0.3, 0.4) is 0 Å². The molecular formula is C14H13F2NO2. The summed E-state index contributed by atoms with van der Waals surface area (Å²) in [6.07, 6.45) is 1.92. The summed E-state index contributed by atoms with van der Waals surface area (Å²) in [6.45, 7) is 2.46. The number of hydrogen-bond donors (Lipinski definition) is 0. The van der Waals surface area contributed by atoms with Crippen LogP contribution in [0.2, 0.25) is 0 Å². The fraction of sp³-hybridized carbons (Fsp3) is 0.214.